The lowest BCUT2D eigenvalue weighted by atomic mass is 10.1. The average molecular weight is 224 g/mol. The van der Waals surface area contributed by atoms with E-state index in [1.807, 2.05) is 0 Å². The normalized spacial score (nSPS) is 13.3. The average Bonchev–Trinajstić information content (AvgIpc) is 2.09. The predicted molar refractivity (Wildman–Crippen MR) is 49.1 cm³/mol. The fourth-order valence-electron chi connectivity index (χ4n) is 1.03. The van der Waals surface area contributed by atoms with E-state index in [1.165, 1.54) is 12.1 Å². The van der Waals surface area contributed by atoms with Crippen LogP contribution < -0.4 is 5.73 Å². The van der Waals surface area contributed by atoms with E-state index in [0.29, 0.717) is 5.56 Å². The standard InChI is InChI=1S/C9H9ClF3N/c10-7-4-6(11)2-1-5(7)3-8(14)9(12)13/h1-2,4,8-9H,3,14H2. The summed E-state index contributed by atoms with van der Waals surface area (Å²) in [6, 6.07) is 2.34. The van der Waals surface area contributed by atoms with Gasteiger partial charge in [0.2, 0.25) is 0 Å². The second-order valence-corrected chi connectivity index (χ2v) is 3.35. The first-order valence-electron chi connectivity index (χ1n) is 3.98. The predicted octanol–water partition coefficient (Wildman–Crippen LogP) is 2.61. The molecule has 1 aromatic carbocycles. The van der Waals surface area contributed by atoms with E-state index in [9.17, 15) is 13.2 Å². The van der Waals surface area contributed by atoms with E-state index in [0.717, 1.165) is 6.07 Å². The molecule has 78 valence electrons. The number of nitrogens with two attached hydrogens (primary N) is 1. The highest BCUT2D eigenvalue weighted by Crippen LogP contribution is 2.19. The topological polar surface area (TPSA) is 26.0 Å². The second-order valence-electron chi connectivity index (χ2n) is 2.94. The lowest BCUT2D eigenvalue weighted by Crippen LogP contribution is -2.31. The van der Waals surface area contributed by atoms with Gasteiger partial charge in [-0.25, -0.2) is 13.2 Å². The summed E-state index contributed by atoms with van der Waals surface area (Å²) in [7, 11) is 0. The van der Waals surface area contributed by atoms with Crippen LogP contribution in [0.3, 0.4) is 0 Å². The van der Waals surface area contributed by atoms with Gasteiger partial charge in [0.1, 0.15) is 5.82 Å². The number of hydrogen-bond donors (Lipinski definition) is 1. The Bertz CT molecular complexity index is 317. The van der Waals surface area contributed by atoms with Crippen LogP contribution in [0.1, 0.15) is 5.56 Å². The summed E-state index contributed by atoms with van der Waals surface area (Å²) in [5.74, 6) is -0.496. The number of halogens is 4. The van der Waals surface area contributed by atoms with Crippen molar-refractivity contribution < 1.29 is 13.2 Å². The molecule has 1 rings (SSSR count). The fourth-order valence-corrected chi connectivity index (χ4v) is 1.27. The maximum Gasteiger partial charge on any atom is 0.253 e. The zero-order valence-electron chi connectivity index (χ0n) is 7.18. The van der Waals surface area contributed by atoms with Crippen LogP contribution in [0.4, 0.5) is 13.2 Å². The van der Waals surface area contributed by atoms with Gasteiger partial charge >= 0.3 is 0 Å². The Kier molecular flexibility index (Phi) is 3.77. The highest BCUT2D eigenvalue weighted by molar-refractivity contribution is 6.31. The van der Waals surface area contributed by atoms with Crippen molar-refractivity contribution >= 4 is 11.6 Å². The van der Waals surface area contributed by atoms with Gasteiger partial charge in [-0.1, -0.05) is 17.7 Å². The van der Waals surface area contributed by atoms with Gasteiger partial charge in [0, 0.05) is 5.02 Å². The van der Waals surface area contributed by atoms with Crippen molar-refractivity contribution in [3.05, 3.63) is 34.6 Å². The molecule has 0 aromatic heterocycles. The molecule has 0 radical (unpaired) electrons. The summed E-state index contributed by atoms with van der Waals surface area (Å²) >= 11 is 5.64. The van der Waals surface area contributed by atoms with Crippen LogP contribution in [0, 0.1) is 5.82 Å². The highest BCUT2D eigenvalue weighted by atomic mass is 35.5. The lowest BCUT2D eigenvalue weighted by molar-refractivity contribution is 0.116. The molecule has 1 atom stereocenters. The smallest absolute Gasteiger partial charge is 0.253 e. The van der Waals surface area contributed by atoms with Gasteiger partial charge < -0.3 is 5.73 Å². The molecule has 0 spiro atoms. The summed E-state index contributed by atoms with van der Waals surface area (Å²) in [6.07, 6.45) is -2.66. The van der Waals surface area contributed by atoms with Crippen molar-refractivity contribution in [2.45, 2.75) is 18.9 Å². The number of hydrogen-bond acceptors (Lipinski definition) is 1. The monoisotopic (exact) mass is 223 g/mol. The molecule has 0 amide bonds. The minimum absolute atomic E-state index is 0.0587. The van der Waals surface area contributed by atoms with Gasteiger partial charge in [-0.3, -0.25) is 0 Å². The zero-order chi connectivity index (χ0) is 10.7. The number of rotatable bonds is 3. The molecule has 5 heteroatoms. The Morgan fingerprint density at radius 3 is 2.50 bits per heavy atom. The van der Waals surface area contributed by atoms with Crippen LogP contribution in [-0.4, -0.2) is 12.5 Å². The van der Waals surface area contributed by atoms with E-state index in [-0.39, 0.29) is 11.4 Å². The van der Waals surface area contributed by atoms with E-state index < -0.39 is 18.3 Å². The van der Waals surface area contributed by atoms with Crippen LogP contribution in [0.25, 0.3) is 0 Å². The van der Waals surface area contributed by atoms with Crippen LogP contribution >= 0.6 is 11.6 Å². The summed E-state index contributed by atoms with van der Waals surface area (Å²) in [5, 5.41) is 0.126. The molecule has 0 saturated carbocycles. The third kappa shape index (κ3) is 2.89. The first-order valence-corrected chi connectivity index (χ1v) is 4.36. The molecule has 0 aliphatic rings. The Hall–Kier alpha value is -0.740. The van der Waals surface area contributed by atoms with Crippen molar-refractivity contribution in [3.8, 4) is 0 Å². The molecule has 0 bridgehead atoms. The highest BCUT2D eigenvalue weighted by Gasteiger charge is 2.16. The molecule has 0 aliphatic carbocycles. The minimum atomic E-state index is -2.60. The Morgan fingerprint density at radius 2 is 2.00 bits per heavy atom. The Labute approximate surface area is 84.7 Å². The van der Waals surface area contributed by atoms with Crippen LogP contribution in [0.2, 0.25) is 5.02 Å². The molecule has 0 aliphatic heterocycles. The van der Waals surface area contributed by atoms with Crippen molar-refractivity contribution in [3.63, 3.8) is 0 Å². The number of benzene rings is 1. The summed E-state index contributed by atoms with van der Waals surface area (Å²) < 4.78 is 36.7. The van der Waals surface area contributed by atoms with Gasteiger partial charge in [0.05, 0.1) is 6.04 Å². The van der Waals surface area contributed by atoms with E-state index in [2.05, 4.69) is 0 Å². The van der Waals surface area contributed by atoms with E-state index in [4.69, 9.17) is 17.3 Å². The fraction of sp³-hybridized carbons (Fsp3) is 0.333. The quantitative estimate of drug-likeness (QED) is 0.838. The van der Waals surface area contributed by atoms with Crippen LogP contribution in [0.5, 0.6) is 0 Å². The van der Waals surface area contributed by atoms with Gasteiger partial charge in [0.15, 0.2) is 0 Å². The molecular formula is C9H9ClF3N. The second kappa shape index (κ2) is 4.66. The van der Waals surface area contributed by atoms with Gasteiger partial charge in [0.25, 0.3) is 6.43 Å². The molecule has 14 heavy (non-hydrogen) atoms. The first kappa shape index (κ1) is 11.3. The zero-order valence-corrected chi connectivity index (χ0v) is 7.94. The SMILES string of the molecule is NC(Cc1ccc(F)cc1Cl)C(F)F. The molecule has 1 unspecified atom stereocenters. The third-order valence-corrected chi connectivity index (χ3v) is 2.15. The first-order chi connectivity index (χ1) is 6.50. The molecule has 0 fully saturated rings. The molecule has 0 saturated heterocycles. The number of alkyl halides is 2. The van der Waals surface area contributed by atoms with Crippen molar-refractivity contribution in [1.29, 1.82) is 0 Å². The summed E-state index contributed by atoms with van der Waals surface area (Å²) in [6.45, 7) is 0. The third-order valence-electron chi connectivity index (χ3n) is 1.79. The molecular weight excluding hydrogens is 215 g/mol. The van der Waals surface area contributed by atoms with Crippen molar-refractivity contribution in [1.82, 2.24) is 0 Å². The van der Waals surface area contributed by atoms with Crippen LogP contribution in [-0.2, 0) is 6.42 Å². The maximum atomic E-state index is 12.6. The summed E-state index contributed by atoms with van der Waals surface area (Å²) in [5.41, 5.74) is 5.58. The minimum Gasteiger partial charge on any atom is -0.323 e. The van der Waals surface area contributed by atoms with Crippen molar-refractivity contribution in [2.75, 3.05) is 0 Å². The Morgan fingerprint density at radius 1 is 1.36 bits per heavy atom. The molecule has 1 aromatic rings. The van der Waals surface area contributed by atoms with E-state index >= 15 is 0 Å². The molecule has 0 heterocycles. The van der Waals surface area contributed by atoms with Gasteiger partial charge in [-0.15, -0.1) is 0 Å². The lowest BCUT2D eigenvalue weighted by Gasteiger charge is -2.11. The summed E-state index contributed by atoms with van der Waals surface area (Å²) in [4.78, 5) is 0. The molecule has 2 N–H and O–H groups in total. The van der Waals surface area contributed by atoms with Gasteiger partial charge in [-0.05, 0) is 24.1 Å². The maximum absolute atomic E-state index is 12.6. The van der Waals surface area contributed by atoms with E-state index in [1.54, 1.807) is 0 Å². The Balaban J connectivity index is 2.77. The van der Waals surface area contributed by atoms with Crippen LogP contribution in [0.15, 0.2) is 18.2 Å². The van der Waals surface area contributed by atoms with Crippen molar-refractivity contribution in [2.24, 2.45) is 5.73 Å². The van der Waals surface area contributed by atoms with Gasteiger partial charge in [-0.2, -0.15) is 0 Å². The largest absolute Gasteiger partial charge is 0.323 e. The molecule has 1 nitrogen and oxygen atoms in total.